The number of carbonyl (C=O) groups is 1. The summed E-state index contributed by atoms with van der Waals surface area (Å²) in [6.45, 7) is 1.04. The number of Topliss-reactive ketones (excluding diaryl/α,β-unsaturated/α-hetero) is 1. The Morgan fingerprint density at radius 2 is 2.28 bits per heavy atom. The van der Waals surface area contributed by atoms with E-state index < -0.39 is 0 Å². The van der Waals surface area contributed by atoms with Crippen LogP contribution in [0.1, 0.15) is 23.7 Å². The van der Waals surface area contributed by atoms with Crippen LogP contribution in [-0.2, 0) is 4.79 Å². The zero-order valence-electron chi connectivity index (χ0n) is 10.2. The smallest absolute Gasteiger partial charge is 0.238 e. The van der Waals surface area contributed by atoms with Gasteiger partial charge in [0.2, 0.25) is 5.89 Å². The van der Waals surface area contributed by atoms with Crippen LogP contribution in [0, 0.1) is 0 Å². The monoisotopic (exact) mass is 285 g/mol. The van der Waals surface area contributed by atoms with Crippen molar-refractivity contribution in [1.29, 1.82) is 0 Å². The predicted molar refractivity (Wildman–Crippen MR) is 72.1 cm³/mol. The molecule has 0 spiro atoms. The number of ketones is 1. The molecule has 18 heavy (non-hydrogen) atoms. The van der Waals surface area contributed by atoms with Crippen LogP contribution in [0.2, 0.25) is 0 Å². The van der Waals surface area contributed by atoms with Crippen molar-refractivity contribution >= 4 is 29.3 Å². The van der Waals surface area contributed by atoms with Crippen LogP contribution in [0.5, 0.6) is 0 Å². The second-order valence-corrected chi connectivity index (χ2v) is 6.78. The van der Waals surface area contributed by atoms with Crippen LogP contribution < -0.4 is 0 Å². The summed E-state index contributed by atoms with van der Waals surface area (Å²) < 4.78 is 5.29. The van der Waals surface area contributed by atoms with Crippen molar-refractivity contribution in [3.63, 3.8) is 0 Å². The quantitative estimate of drug-likeness (QED) is 0.809. The maximum Gasteiger partial charge on any atom is 0.238 e. The van der Waals surface area contributed by atoms with Crippen LogP contribution in [0.15, 0.2) is 4.52 Å². The lowest BCUT2D eigenvalue weighted by Crippen LogP contribution is -2.33. The van der Waals surface area contributed by atoms with Crippen molar-refractivity contribution in [2.75, 3.05) is 36.6 Å². The Labute approximate surface area is 114 Å². The van der Waals surface area contributed by atoms with Gasteiger partial charge < -0.3 is 4.52 Å². The fourth-order valence-electron chi connectivity index (χ4n) is 2.16. The summed E-state index contributed by atoms with van der Waals surface area (Å²) in [6, 6.07) is 0.213. The molecule has 2 aliphatic heterocycles. The van der Waals surface area contributed by atoms with E-state index >= 15 is 0 Å². The van der Waals surface area contributed by atoms with E-state index in [2.05, 4.69) is 22.1 Å². The average Bonchev–Trinajstić information content (AvgIpc) is 2.98. The van der Waals surface area contributed by atoms with Crippen LogP contribution in [0.25, 0.3) is 0 Å². The molecule has 0 saturated carbocycles. The summed E-state index contributed by atoms with van der Waals surface area (Å²) in [5, 5.41) is 4.07. The third kappa shape index (κ3) is 2.31. The lowest BCUT2D eigenvalue weighted by molar-refractivity contribution is -0.117. The predicted octanol–water partition coefficient (Wildman–Crippen LogP) is 1.19. The average molecular weight is 285 g/mol. The third-order valence-corrected chi connectivity index (χ3v) is 5.45. The van der Waals surface area contributed by atoms with Gasteiger partial charge in [0.1, 0.15) is 5.92 Å². The van der Waals surface area contributed by atoms with Gasteiger partial charge in [-0.15, -0.1) is 0 Å². The number of hydrogen-bond acceptors (Lipinski definition) is 7. The van der Waals surface area contributed by atoms with Crippen molar-refractivity contribution in [3.05, 3.63) is 11.7 Å². The van der Waals surface area contributed by atoms with Gasteiger partial charge in [-0.1, -0.05) is 5.16 Å². The van der Waals surface area contributed by atoms with Crippen molar-refractivity contribution in [3.8, 4) is 0 Å². The first-order valence-corrected chi connectivity index (χ1v) is 8.28. The molecule has 7 heteroatoms. The van der Waals surface area contributed by atoms with Gasteiger partial charge in [-0.05, 0) is 7.05 Å². The number of aromatic nitrogens is 2. The molecule has 3 rings (SSSR count). The molecular weight excluding hydrogens is 270 g/mol. The second kappa shape index (κ2) is 5.22. The summed E-state index contributed by atoms with van der Waals surface area (Å²) in [5.74, 6) is 4.74. The van der Waals surface area contributed by atoms with Gasteiger partial charge in [0, 0.05) is 23.8 Å². The standard InChI is InChI=1S/C11H15N3O2S2/c1-14-2-3-17-5-8(14)10-12-11(16-13-10)7-4-18-6-9(7)15/h7-8H,2-6H2,1H3. The first-order chi connectivity index (χ1) is 8.75. The van der Waals surface area contributed by atoms with Gasteiger partial charge >= 0.3 is 0 Å². The van der Waals surface area contributed by atoms with Crippen molar-refractivity contribution < 1.29 is 9.32 Å². The summed E-state index contributed by atoms with van der Waals surface area (Å²) in [5.41, 5.74) is 0. The van der Waals surface area contributed by atoms with Crippen molar-refractivity contribution in [2.45, 2.75) is 12.0 Å². The Morgan fingerprint density at radius 1 is 1.39 bits per heavy atom. The van der Waals surface area contributed by atoms with Crippen LogP contribution in [-0.4, -0.2) is 57.4 Å². The highest BCUT2D eigenvalue weighted by Crippen LogP contribution is 2.31. The lowest BCUT2D eigenvalue weighted by Gasteiger charge is -2.29. The molecule has 0 bridgehead atoms. The van der Waals surface area contributed by atoms with Crippen LogP contribution in [0.4, 0.5) is 0 Å². The van der Waals surface area contributed by atoms with Gasteiger partial charge in [0.15, 0.2) is 11.6 Å². The molecule has 2 unspecified atom stereocenters. The molecule has 0 aromatic carbocycles. The highest BCUT2D eigenvalue weighted by Gasteiger charge is 2.33. The second-order valence-electron chi connectivity index (χ2n) is 4.60. The number of carbonyl (C=O) groups excluding carboxylic acids is 1. The molecule has 0 aliphatic carbocycles. The molecule has 2 saturated heterocycles. The normalized spacial score (nSPS) is 29.9. The molecule has 2 aliphatic rings. The number of hydrogen-bond donors (Lipinski definition) is 0. The Balaban J connectivity index is 1.78. The zero-order valence-corrected chi connectivity index (χ0v) is 11.8. The Morgan fingerprint density at radius 3 is 3.00 bits per heavy atom. The molecule has 1 aromatic rings. The molecule has 3 heterocycles. The zero-order chi connectivity index (χ0) is 12.5. The number of thioether (sulfide) groups is 2. The highest BCUT2D eigenvalue weighted by molar-refractivity contribution is 8.00. The molecule has 0 amide bonds. The molecule has 2 fully saturated rings. The summed E-state index contributed by atoms with van der Waals surface area (Å²) in [4.78, 5) is 18.4. The van der Waals surface area contributed by atoms with Crippen molar-refractivity contribution in [2.24, 2.45) is 0 Å². The molecular formula is C11H15N3O2S2. The fraction of sp³-hybridized carbons (Fsp3) is 0.727. The van der Waals surface area contributed by atoms with Gasteiger partial charge in [-0.3, -0.25) is 9.69 Å². The molecule has 0 N–H and O–H groups in total. The van der Waals surface area contributed by atoms with E-state index in [1.807, 2.05) is 11.8 Å². The maximum atomic E-state index is 11.7. The maximum absolute atomic E-state index is 11.7. The summed E-state index contributed by atoms with van der Waals surface area (Å²) in [7, 11) is 2.08. The van der Waals surface area contributed by atoms with Gasteiger partial charge in [0.05, 0.1) is 11.8 Å². The Hall–Kier alpha value is -0.530. The number of nitrogens with zero attached hydrogens (tertiary/aromatic N) is 3. The van der Waals surface area contributed by atoms with E-state index in [1.54, 1.807) is 11.8 Å². The lowest BCUT2D eigenvalue weighted by atomic mass is 10.1. The molecule has 98 valence electrons. The largest absolute Gasteiger partial charge is 0.338 e. The molecule has 5 nitrogen and oxygen atoms in total. The van der Waals surface area contributed by atoms with E-state index in [9.17, 15) is 4.79 Å². The minimum atomic E-state index is -0.183. The number of rotatable bonds is 2. The Kier molecular flexibility index (Phi) is 3.63. The van der Waals surface area contributed by atoms with E-state index in [-0.39, 0.29) is 17.7 Å². The van der Waals surface area contributed by atoms with Gasteiger partial charge in [-0.2, -0.15) is 28.5 Å². The van der Waals surface area contributed by atoms with Crippen molar-refractivity contribution in [1.82, 2.24) is 15.0 Å². The van der Waals surface area contributed by atoms with E-state index in [4.69, 9.17) is 4.52 Å². The van der Waals surface area contributed by atoms with E-state index in [0.717, 1.165) is 29.6 Å². The topological polar surface area (TPSA) is 59.2 Å². The first-order valence-electron chi connectivity index (χ1n) is 5.97. The van der Waals surface area contributed by atoms with Crippen LogP contribution >= 0.6 is 23.5 Å². The van der Waals surface area contributed by atoms with E-state index in [0.29, 0.717) is 11.6 Å². The minimum Gasteiger partial charge on any atom is -0.338 e. The molecule has 0 radical (unpaired) electrons. The van der Waals surface area contributed by atoms with E-state index in [1.165, 1.54) is 0 Å². The minimum absolute atomic E-state index is 0.183. The van der Waals surface area contributed by atoms with Gasteiger partial charge in [-0.25, -0.2) is 0 Å². The molecule has 1 aromatic heterocycles. The van der Waals surface area contributed by atoms with Crippen LogP contribution in [0.3, 0.4) is 0 Å². The summed E-state index contributed by atoms with van der Waals surface area (Å²) in [6.07, 6.45) is 0. The fourth-order valence-corrected chi connectivity index (χ4v) is 4.46. The third-order valence-electron chi connectivity index (χ3n) is 3.37. The first kappa shape index (κ1) is 12.5. The molecule has 2 atom stereocenters. The SMILES string of the molecule is CN1CCSCC1c1noc(C2CSCC2=O)n1. The summed E-state index contributed by atoms with van der Waals surface area (Å²) >= 11 is 3.55. The highest BCUT2D eigenvalue weighted by atomic mass is 32.2. The Bertz CT molecular complexity index is 451. The van der Waals surface area contributed by atoms with Gasteiger partial charge in [0.25, 0.3) is 0 Å².